The first-order valence-electron chi connectivity index (χ1n) is 9.72. The number of hydrogen-bond acceptors (Lipinski definition) is 2. The van der Waals surface area contributed by atoms with E-state index in [2.05, 4.69) is 19.2 Å². The number of ether oxygens (including phenoxy) is 1. The molecule has 2 saturated carbocycles. The molecule has 4 unspecified atom stereocenters. The normalized spacial score (nSPS) is 35.1. The minimum Gasteiger partial charge on any atom is -0.373 e. The van der Waals surface area contributed by atoms with Gasteiger partial charge in [0.2, 0.25) is 0 Å². The lowest BCUT2D eigenvalue weighted by atomic mass is 9.85. The van der Waals surface area contributed by atoms with Crippen LogP contribution < -0.4 is 5.32 Å². The Hall–Kier alpha value is -0.0800. The van der Waals surface area contributed by atoms with E-state index in [-0.39, 0.29) is 0 Å². The topological polar surface area (TPSA) is 21.3 Å². The molecule has 1 N–H and O–H groups in total. The second-order valence-electron chi connectivity index (χ2n) is 7.29. The van der Waals surface area contributed by atoms with Gasteiger partial charge in [0.05, 0.1) is 12.2 Å². The van der Waals surface area contributed by atoms with Gasteiger partial charge in [0.25, 0.3) is 0 Å². The van der Waals surface area contributed by atoms with Crippen LogP contribution in [0.2, 0.25) is 0 Å². The van der Waals surface area contributed by atoms with Crippen LogP contribution in [0.15, 0.2) is 0 Å². The van der Waals surface area contributed by atoms with Crippen LogP contribution in [0.5, 0.6) is 0 Å². The first-order valence-corrected chi connectivity index (χ1v) is 9.72. The Labute approximate surface area is 132 Å². The summed E-state index contributed by atoms with van der Waals surface area (Å²) in [4.78, 5) is 0. The van der Waals surface area contributed by atoms with Crippen LogP contribution in [0.25, 0.3) is 0 Å². The van der Waals surface area contributed by atoms with E-state index in [0.29, 0.717) is 18.2 Å². The SMILES string of the molecule is CCCNC1CCCCCCC1OC1CCCC(CC)C1. The van der Waals surface area contributed by atoms with E-state index in [9.17, 15) is 0 Å². The van der Waals surface area contributed by atoms with E-state index in [0.717, 1.165) is 12.5 Å². The molecule has 2 aliphatic rings. The van der Waals surface area contributed by atoms with Crippen molar-refractivity contribution in [1.29, 1.82) is 0 Å². The van der Waals surface area contributed by atoms with Crippen LogP contribution in [0.1, 0.15) is 90.9 Å². The molecule has 0 aliphatic heterocycles. The summed E-state index contributed by atoms with van der Waals surface area (Å²) in [6.07, 6.45) is 17.1. The third-order valence-corrected chi connectivity index (χ3v) is 5.54. The quantitative estimate of drug-likeness (QED) is 0.739. The van der Waals surface area contributed by atoms with Crippen molar-refractivity contribution in [3.05, 3.63) is 0 Å². The summed E-state index contributed by atoms with van der Waals surface area (Å²) >= 11 is 0. The average molecular weight is 296 g/mol. The second-order valence-corrected chi connectivity index (χ2v) is 7.29. The zero-order valence-corrected chi connectivity index (χ0v) is 14.4. The Morgan fingerprint density at radius 2 is 1.71 bits per heavy atom. The molecule has 0 amide bonds. The lowest BCUT2D eigenvalue weighted by molar-refractivity contribution is -0.0633. The van der Waals surface area contributed by atoms with E-state index in [1.54, 1.807) is 0 Å². The van der Waals surface area contributed by atoms with E-state index < -0.39 is 0 Å². The van der Waals surface area contributed by atoms with Crippen molar-refractivity contribution >= 4 is 0 Å². The maximum absolute atomic E-state index is 6.65. The maximum Gasteiger partial charge on any atom is 0.0731 e. The van der Waals surface area contributed by atoms with Crippen LogP contribution in [0.3, 0.4) is 0 Å². The summed E-state index contributed by atoms with van der Waals surface area (Å²) in [6, 6.07) is 0.604. The fourth-order valence-electron chi connectivity index (χ4n) is 4.16. The molecule has 0 aromatic heterocycles. The molecule has 0 bridgehead atoms. The molecule has 0 spiro atoms. The summed E-state index contributed by atoms with van der Waals surface area (Å²) in [6.45, 7) is 5.75. The third-order valence-electron chi connectivity index (χ3n) is 5.54. The lowest BCUT2D eigenvalue weighted by Gasteiger charge is -2.36. The molecule has 0 saturated heterocycles. The van der Waals surface area contributed by atoms with Gasteiger partial charge in [0.1, 0.15) is 0 Å². The van der Waals surface area contributed by atoms with Crippen molar-refractivity contribution in [1.82, 2.24) is 5.32 Å². The summed E-state index contributed by atoms with van der Waals surface area (Å²) in [5.41, 5.74) is 0. The highest BCUT2D eigenvalue weighted by atomic mass is 16.5. The number of rotatable bonds is 6. The van der Waals surface area contributed by atoms with E-state index in [1.807, 2.05) is 0 Å². The Morgan fingerprint density at radius 3 is 2.48 bits per heavy atom. The molecular weight excluding hydrogens is 258 g/mol. The highest BCUT2D eigenvalue weighted by Gasteiger charge is 2.28. The van der Waals surface area contributed by atoms with Crippen molar-refractivity contribution in [3.63, 3.8) is 0 Å². The summed E-state index contributed by atoms with van der Waals surface area (Å²) < 4.78 is 6.65. The first-order chi connectivity index (χ1) is 10.3. The summed E-state index contributed by atoms with van der Waals surface area (Å²) in [5.74, 6) is 0.916. The predicted octanol–water partition coefficient (Wildman–Crippen LogP) is 5.06. The Bertz CT molecular complexity index is 266. The Morgan fingerprint density at radius 1 is 0.905 bits per heavy atom. The fraction of sp³-hybridized carbons (Fsp3) is 1.00. The van der Waals surface area contributed by atoms with Crippen LogP contribution in [0.4, 0.5) is 0 Å². The maximum atomic E-state index is 6.65. The third kappa shape index (κ3) is 5.90. The van der Waals surface area contributed by atoms with Gasteiger partial charge in [-0.15, -0.1) is 0 Å². The average Bonchev–Trinajstić information content (AvgIpc) is 2.50. The zero-order chi connectivity index (χ0) is 14.9. The smallest absolute Gasteiger partial charge is 0.0731 e. The van der Waals surface area contributed by atoms with Crippen LogP contribution in [-0.4, -0.2) is 24.8 Å². The molecular formula is C19H37NO. The van der Waals surface area contributed by atoms with Gasteiger partial charge in [-0.25, -0.2) is 0 Å². The highest BCUT2D eigenvalue weighted by Crippen LogP contribution is 2.31. The Balaban J connectivity index is 1.88. The molecule has 0 aromatic rings. The molecule has 2 fully saturated rings. The fourth-order valence-corrected chi connectivity index (χ4v) is 4.16. The largest absolute Gasteiger partial charge is 0.373 e. The van der Waals surface area contributed by atoms with Crippen molar-refractivity contribution in [2.45, 2.75) is 109 Å². The predicted molar refractivity (Wildman–Crippen MR) is 90.7 cm³/mol. The van der Waals surface area contributed by atoms with Crippen molar-refractivity contribution < 1.29 is 4.74 Å². The standard InChI is InChI=1S/C19H37NO/c1-3-14-20-18-12-7-5-6-8-13-19(18)21-17-11-9-10-16(4-2)15-17/h16-20H,3-15H2,1-2H3. The lowest BCUT2D eigenvalue weighted by Crippen LogP contribution is -2.44. The highest BCUT2D eigenvalue weighted by molar-refractivity contribution is 4.82. The molecule has 2 heteroatoms. The molecule has 0 heterocycles. The monoisotopic (exact) mass is 295 g/mol. The van der Waals surface area contributed by atoms with E-state index >= 15 is 0 Å². The van der Waals surface area contributed by atoms with Crippen molar-refractivity contribution in [2.24, 2.45) is 5.92 Å². The molecule has 124 valence electrons. The van der Waals surface area contributed by atoms with E-state index in [1.165, 1.54) is 77.0 Å². The molecule has 21 heavy (non-hydrogen) atoms. The number of nitrogens with one attached hydrogen (secondary N) is 1. The molecule has 2 nitrogen and oxygen atoms in total. The van der Waals surface area contributed by atoms with Gasteiger partial charge >= 0.3 is 0 Å². The van der Waals surface area contributed by atoms with Gasteiger partial charge in [0, 0.05) is 6.04 Å². The molecule has 2 rings (SSSR count). The zero-order valence-electron chi connectivity index (χ0n) is 14.4. The minimum atomic E-state index is 0.470. The number of hydrogen-bond donors (Lipinski definition) is 1. The van der Waals surface area contributed by atoms with Gasteiger partial charge in [-0.05, 0) is 44.6 Å². The van der Waals surface area contributed by atoms with Crippen LogP contribution in [-0.2, 0) is 4.74 Å². The van der Waals surface area contributed by atoms with Crippen molar-refractivity contribution in [3.8, 4) is 0 Å². The first kappa shape index (κ1) is 17.3. The second kappa shape index (κ2) is 9.84. The van der Waals surface area contributed by atoms with Gasteiger partial charge in [-0.3, -0.25) is 0 Å². The van der Waals surface area contributed by atoms with E-state index in [4.69, 9.17) is 4.74 Å². The summed E-state index contributed by atoms with van der Waals surface area (Å²) in [5, 5.41) is 3.78. The minimum absolute atomic E-state index is 0.470. The van der Waals surface area contributed by atoms with Crippen LogP contribution in [0, 0.1) is 5.92 Å². The molecule has 4 atom stereocenters. The molecule has 0 radical (unpaired) electrons. The van der Waals surface area contributed by atoms with Crippen molar-refractivity contribution in [2.75, 3.05) is 6.54 Å². The molecule has 0 aromatic carbocycles. The Kier molecular flexibility index (Phi) is 8.10. The van der Waals surface area contributed by atoms with Crippen LogP contribution >= 0.6 is 0 Å². The van der Waals surface area contributed by atoms with Gasteiger partial charge in [0.15, 0.2) is 0 Å². The molecule has 2 aliphatic carbocycles. The van der Waals surface area contributed by atoms with Gasteiger partial charge < -0.3 is 10.1 Å². The van der Waals surface area contributed by atoms with Gasteiger partial charge in [-0.2, -0.15) is 0 Å². The van der Waals surface area contributed by atoms with Gasteiger partial charge in [-0.1, -0.05) is 58.8 Å². The summed E-state index contributed by atoms with van der Waals surface area (Å²) in [7, 11) is 0.